The van der Waals surface area contributed by atoms with Gasteiger partial charge in [-0.15, -0.1) is 0 Å². The summed E-state index contributed by atoms with van der Waals surface area (Å²) in [7, 11) is 0. The number of alkyl halides is 1. The van der Waals surface area contributed by atoms with Crippen molar-refractivity contribution in [3.8, 4) is 0 Å². The van der Waals surface area contributed by atoms with Crippen molar-refractivity contribution in [1.29, 1.82) is 0 Å². The van der Waals surface area contributed by atoms with E-state index in [1.54, 1.807) is 20.8 Å². The Morgan fingerprint density at radius 1 is 1.10 bits per heavy atom. The Hall–Kier alpha value is -1.75. The van der Waals surface area contributed by atoms with Gasteiger partial charge in [-0.05, 0) is 26.3 Å². The number of nitrogens with zero attached hydrogens (tertiary/aromatic N) is 1. The molecule has 1 rings (SSSR count). The van der Waals surface area contributed by atoms with Gasteiger partial charge in [0.1, 0.15) is 6.61 Å². The SMILES string of the molecule is CC(C)(C)N(C(=O)OCCl)C(=O)OCc1ccccc1. The van der Waals surface area contributed by atoms with Gasteiger partial charge in [0.15, 0.2) is 6.07 Å². The lowest BCUT2D eigenvalue weighted by Crippen LogP contribution is -2.49. The summed E-state index contributed by atoms with van der Waals surface area (Å²) in [6.07, 6.45) is -1.60. The average molecular weight is 300 g/mol. The summed E-state index contributed by atoms with van der Waals surface area (Å²) in [5.41, 5.74) is 0.0668. The van der Waals surface area contributed by atoms with E-state index in [-0.39, 0.29) is 12.7 Å². The molecule has 5 nitrogen and oxygen atoms in total. The van der Waals surface area contributed by atoms with Crippen LogP contribution in [0.3, 0.4) is 0 Å². The number of ether oxygens (including phenoxy) is 2. The predicted octanol–water partition coefficient (Wildman–Crippen LogP) is 3.76. The first-order chi connectivity index (χ1) is 9.36. The first-order valence-electron chi connectivity index (χ1n) is 6.10. The lowest BCUT2D eigenvalue weighted by molar-refractivity contribution is 0.0514. The Balaban J connectivity index is 2.72. The van der Waals surface area contributed by atoms with Crippen molar-refractivity contribution in [2.75, 3.05) is 6.07 Å². The molecule has 6 heteroatoms. The summed E-state index contributed by atoms with van der Waals surface area (Å²) in [6.45, 7) is 5.19. The van der Waals surface area contributed by atoms with Gasteiger partial charge < -0.3 is 9.47 Å². The maximum atomic E-state index is 12.0. The van der Waals surface area contributed by atoms with Gasteiger partial charge in [0.2, 0.25) is 0 Å². The van der Waals surface area contributed by atoms with Crippen molar-refractivity contribution >= 4 is 23.8 Å². The molecule has 0 aromatic heterocycles. The number of amides is 2. The second-order valence-corrected chi connectivity index (χ2v) is 5.28. The van der Waals surface area contributed by atoms with Crippen LogP contribution in [0.25, 0.3) is 0 Å². The molecule has 0 aliphatic carbocycles. The van der Waals surface area contributed by atoms with Crippen LogP contribution < -0.4 is 0 Å². The van der Waals surface area contributed by atoms with Crippen LogP contribution in [-0.4, -0.2) is 28.7 Å². The zero-order chi connectivity index (χ0) is 15.2. The Bertz CT molecular complexity index is 456. The van der Waals surface area contributed by atoms with Crippen molar-refractivity contribution in [3.05, 3.63) is 35.9 Å². The van der Waals surface area contributed by atoms with Gasteiger partial charge in [0.05, 0.1) is 0 Å². The van der Waals surface area contributed by atoms with Crippen LogP contribution in [0.5, 0.6) is 0 Å². The minimum atomic E-state index is -0.828. The molecule has 1 aromatic carbocycles. The monoisotopic (exact) mass is 299 g/mol. The summed E-state index contributed by atoms with van der Waals surface area (Å²) in [5, 5.41) is 0. The molecular weight excluding hydrogens is 282 g/mol. The Morgan fingerprint density at radius 2 is 1.65 bits per heavy atom. The number of imide groups is 1. The molecular formula is C14H18ClNO4. The topological polar surface area (TPSA) is 55.8 Å². The Labute approximate surface area is 123 Å². The molecule has 2 amide bonds. The molecule has 0 unspecified atom stereocenters. The fourth-order valence-electron chi connectivity index (χ4n) is 1.52. The maximum absolute atomic E-state index is 12.0. The zero-order valence-electron chi connectivity index (χ0n) is 11.8. The van der Waals surface area contributed by atoms with Gasteiger partial charge in [0, 0.05) is 5.54 Å². The fourth-order valence-corrected chi connectivity index (χ4v) is 1.61. The molecule has 0 aliphatic heterocycles. The molecule has 0 aliphatic rings. The van der Waals surface area contributed by atoms with Crippen molar-refractivity contribution in [3.63, 3.8) is 0 Å². The van der Waals surface area contributed by atoms with E-state index in [4.69, 9.17) is 16.3 Å². The smallest absolute Gasteiger partial charge is 0.421 e. The summed E-state index contributed by atoms with van der Waals surface area (Å²) in [6, 6.07) is 8.87. The van der Waals surface area contributed by atoms with E-state index in [0.717, 1.165) is 10.5 Å². The molecule has 0 bridgehead atoms. The summed E-state index contributed by atoms with van der Waals surface area (Å²) < 4.78 is 9.78. The minimum Gasteiger partial charge on any atom is -0.444 e. The molecule has 0 saturated heterocycles. The van der Waals surface area contributed by atoms with Gasteiger partial charge in [-0.1, -0.05) is 41.9 Å². The number of benzene rings is 1. The largest absolute Gasteiger partial charge is 0.444 e. The van der Waals surface area contributed by atoms with Crippen LogP contribution in [0.15, 0.2) is 30.3 Å². The van der Waals surface area contributed by atoms with Crippen molar-refractivity contribution in [2.24, 2.45) is 0 Å². The predicted molar refractivity (Wildman–Crippen MR) is 75.4 cm³/mol. The average Bonchev–Trinajstić information content (AvgIpc) is 2.36. The fraction of sp³-hybridized carbons (Fsp3) is 0.429. The van der Waals surface area contributed by atoms with Crippen LogP contribution in [0, 0.1) is 0 Å². The van der Waals surface area contributed by atoms with Crippen molar-refractivity contribution in [2.45, 2.75) is 32.9 Å². The van der Waals surface area contributed by atoms with E-state index in [1.807, 2.05) is 30.3 Å². The first kappa shape index (κ1) is 16.3. The van der Waals surface area contributed by atoms with Crippen LogP contribution in [-0.2, 0) is 16.1 Å². The highest BCUT2D eigenvalue weighted by Gasteiger charge is 2.35. The highest BCUT2D eigenvalue weighted by molar-refractivity contribution is 6.17. The first-order valence-corrected chi connectivity index (χ1v) is 6.63. The minimum absolute atomic E-state index is 0.0837. The zero-order valence-corrected chi connectivity index (χ0v) is 12.5. The molecule has 1 aromatic rings. The Kier molecular flexibility index (Phi) is 5.82. The quantitative estimate of drug-likeness (QED) is 0.798. The number of carbonyl (C=O) groups excluding carboxylic acids is 2. The highest BCUT2D eigenvalue weighted by atomic mass is 35.5. The number of hydrogen-bond acceptors (Lipinski definition) is 4. The number of halogens is 1. The lowest BCUT2D eigenvalue weighted by Gasteiger charge is -2.31. The number of hydrogen-bond donors (Lipinski definition) is 0. The summed E-state index contributed by atoms with van der Waals surface area (Å²) in [5.74, 6) is 0. The van der Waals surface area contributed by atoms with Crippen molar-refractivity contribution in [1.82, 2.24) is 4.90 Å². The second kappa shape index (κ2) is 7.14. The lowest BCUT2D eigenvalue weighted by atomic mass is 10.1. The molecule has 110 valence electrons. The van der Waals surface area contributed by atoms with Crippen molar-refractivity contribution < 1.29 is 19.1 Å². The van der Waals surface area contributed by atoms with Gasteiger partial charge in [-0.25, -0.2) is 14.5 Å². The Morgan fingerprint density at radius 3 is 2.15 bits per heavy atom. The molecule has 20 heavy (non-hydrogen) atoms. The van der Waals surface area contributed by atoms with Crippen LogP contribution in [0.1, 0.15) is 26.3 Å². The van der Waals surface area contributed by atoms with E-state index >= 15 is 0 Å². The van der Waals surface area contributed by atoms with E-state index in [0.29, 0.717) is 0 Å². The molecule has 0 spiro atoms. The van der Waals surface area contributed by atoms with Crippen LogP contribution in [0.4, 0.5) is 9.59 Å². The van der Waals surface area contributed by atoms with Crippen LogP contribution >= 0.6 is 11.6 Å². The molecule has 0 atom stereocenters. The third-order valence-electron chi connectivity index (χ3n) is 2.42. The van der Waals surface area contributed by atoms with Gasteiger partial charge in [-0.2, -0.15) is 0 Å². The van der Waals surface area contributed by atoms with E-state index in [2.05, 4.69) is 4.74 Å². The third kappa shape index (κ3) is 4.74. The van der Waals surface area contributed by atoms with Gasteiger partial charge in [0.25, 0.3) is 0 Å². The summed E-state index contributed by atoms with van der Waals surface area (Å²) >= 11 is 5.35. The molecule has 0 fully saturated rings. The van der Waals surface area contributed by atoms with E-state index < -0.39 is 17.7 Å². The maximum Gasteiger partial charge on any atom is 0.421 e. The van der Waals surface area contributed by atoms with Gasteiger partial charge >= 0.3 is 12.2 Å². The van der Waals surface area contributed by atoms with Gasteiger partial charge in [-0.3, -0.25) is 0 Å². The molecule has 0 radical (unpaired) electrons. The molecule has 0 heterocycles. The standard InChI is InChI=1S/C14H18ClNO4/c1-14(2,3)16(13(18)20-10-15)12(17)19-9-11-7-5-4-6-8-11/h4-8H,9-10H2,1-3H3. The number of rotatable bonds is 3. The molecule has 0 saturated carbocycles. The van der Waals surface area contributed by atoms with E-state index in [1.165, 1.54) is 0 Å². The van der Waals surface area contributed by atoms with Crippen LogP contribution in [0.2, 0.25) is 0 Å². The molecule has 0 N–H and O–H groups in total. The highest BCUT2D eigenvalue weighted by Crippen LogP contribution is 2.17. The summed E-state index contributed by atoms with van der Waals surface area (Å²) in [4.78, 5) is 24.7. The van der Waals surface area contributed by atoms with E-state index in [9.17, 15) is 9.59 Å². The third-order valence-corrected chi connectivity index (χ3v) is 2.53. The second-order valence-electron chi connectivity index (χ2n) is 5.07. The normalized spacial score (nSPS) is 10.8. The number of carbonyl (C=O) groups is 2.